The lowest BCUT2D eigenvalue weighted by Crippen LogP contribution is -2.41. The molecule has 1 heterocycles. The van der Waals surface area contributed by atoms with E-state index in [1.165, 1.54) is 0 Å². The second-order valence-electron chi connectivity index (χ2n) is 4.96. The van der Waals surface area contributed by atoms with E-state index in [-0.39, 0.29) is 18.6 Å². The predicted molar refractivity (Wildman–Crippen MR) is 74.6 cm³/mol. The standard InChI is InChI=1S/C15H21NO4/c1-11(17)13-4-2-3-5-14(13)20-10-15(18)16-12-6-8-19-9-7-12/h2-5,11-12,17H,6-10H2,1H3,(H,16,18)/t11-/m0/s1. The smallest absolute Gasteiger partial charge is 0.258 e. The molecule has 2 N–H and O–H groups in total. The van der Waals surface area contributed by atoms with E-state index in [9.17, 15) is 9.90 Å². The highest BCUT2D eigenvalue weighted by Gasteiger charge is 2.16. The maximum atomic E-state index is 11.8. The number of benzene rings is 1. The Hall–Kier alpha value is -1.59. The zero-order valence-corrected chi connectivity index (χ0v) is 11.7. The molecule has 110 valence electrons. The number of carbonyl (C=O) groups is 1. The predicted octanol–water partition coefficient (Wildman–Crippen LogP) is 1.41. The van der Waals surface area contributed by atoms with Gasteiger partial charge in [0.2, 0.25) is 0 Å². The molecule has 1 saturated heterocycles. The average molecular weight is 279 g/mol. The number of ether oxygens (including phenoxy) is 2. The summed E-state index contributed by atoms with van der Waals surface area (Å²) in [4.78, 5) is 11.8. The first-order valence-electron chi connectivity index (χ1n) is 6.93. The molecule has 1 aliphatic rings. The second-order valence-corrected chi connectivity index (χ2v) is 4.96. The number of amides is 1. The molecule has 0 unspecified atom stereocenters. The van der Waals surface area contributed by atoms with Gasteiger partial charge in [0, 0.05) is 24.8 Å². The van der Waals surface area contributed by atoms with Gasteiger partial charge in [-0.15, -0.1) is 0 Å². The molecule has 1 atom stereocenters. The van der Waals surface area contributed by atoms with Crippen molar-refractivity contribution in [1.82, 2.24) is 5.32 Å². The number of hydrogen-bond acceptors (Lipinski definition) is 4. The molecule has 1 aliphatic heterocycles. The van der Waals surface area contributed by atoms with Crippen LogP contribution in [0.2, 0.25) is 0 Å². The van der Waals surface area contributed by atoms with Gasteiger partial charge >= 0.3 is 0 Å². The number of aliphatic hydroxyl groups excluding tert-OH is 1. The molecular formula is C15H21NO4. The molecule has 0 aromatic heterocycles. The van der Waals surface area contributed by atoms with Crippen LogP contribution in [-0.4, -0.2) is 36.9 Å². The van der Waals surface area contributed by atoms with Crippen LogP contribution in [0.4, 0.5) is 0 Å². The Morgan fingerprint density at radius 2 is 2.15 bits per heavy atom. The van der Waals surface area contributed by atoms with Gasteiger partial charge in [0.15, 0.2) is 6.61 Å². The highest BCUT2D eigenvalue weighted by Crippen LogP contribution is 2.24. The summed E-state index contributed by atoms with van der Waals surface area (Å²) in [6, 6.07) is 7.36. The maximum absolute atomic E-state index is 11.8. The van der Waals surface area contributed by atoms with Gasteiger partial charge in [-0.25, -0.2) is 0 Å². The molecule has 2 rings (SSSR count). The monoisotopic (exact) mass is 279 g/mol. The molecule has 1 amide bonds. The number of para-hydroxylation sites is 1. The third-order valence-electron chi connectivity index (χ3n) is 3.31. The fourth-order valence-electron chi connectivity index (χ4n) is 2.21. The van der Waals surface area contributed by atoms with Gasteiger partial charge in [-0.05, 0) is 25.8 Å². The third-order valence-corrected chi connectivity index (χ3v) is 3.31. The van der Waals surface area contributed by atoms with Crippen LogP contribution < -0.4 is 10.1 Å². The Morgan fingerprint density at radius 3 is 2.85 bits per heavy atom. The summed E-state index contributed by atoms with van der Waals surface area (Å²) in [5, 5.41) is 12.6. The molecule has 0 aliphatic carbocycles. The van der Waals surface area contributed by atoms with E-state index in [1.807, 2.05) is 12.1 Å². The lowest BCUT2D eigenvalue weighted by molar-refractivity contribution is -0.124. The van der Waals surface area contributed by atoms with E-state index >= 15 is 0 Å². The molecule has 0 bridgehead atoms. The maximum Gasteiger partial charge on any atom is 0.258 e. The van der Waals surface area contributed by atoms with Crippen molar-refractivity contribution in [2.75, 3.05) is 19.8 Å². The summed E-state index contributed by atoms with van der Waals surface area (Å²) < 4.78 is 10.7. The Kier molecular flexibility index (Phi) is 5.38. The first-order chi connectivity index (χ1) is 9.66. The molecular weight excluding hydrogens is 258 g/mol. The van der Waals surface area contributed by atoms with Gasteiger partial charge in [-0.1, -0.05) is 18.2 Å². The van der Waals surface area contributed by atoms with Crippen LogP contribution in [0.15, 0.2) is 24.3 Å². The van der Waals surface area contributed by atoms with Crippen molar-refractivity contribution in [2.45, 2.75) is 31.9 Å². The minimum atomic E-state index is -0.621. The number of hydrogen-bond donors (Lipinski definition) is 2. The summed E-state index contributed by atoms with van der Waals surface area (Å²) in [6.45, 7) is 3.01. The fourth-order valence-corrected chi connectivity index (χ4v) is 2.21. The lowest BCUT2D eigenvalue weighted by atomic mass is 10.1. The Labute approximate surface area is 118 Å². The van der Waals surface area contributed by atoms with Crippen LogP contribution in [0.5, 0.6) is 5.75 Å². The summed E-state index contributed by atoms with van der Waals surface area (Å²) >= 11 is 0. The third kappa shape index (κ3) is 4.21. The number of nitrogens with one attached hydrogen (secondary N) is 1. The zero-order valence-electron chi connectivity index (χ0n) is 11.7. The Bertz CT molecular complexity index is 441. The summed E-state index contributed by atoms with van der Waals surface area (Å²) in [5.41, 5.74) is 0.686. The van der Waals surface area contributed by atoms with E-state index in [4.69, 9.17) is 9.47 Å². The molecule has 0 spiro atoms. The van der Waals surface area contributed by atoms with E-state index in [2.05, 4.69) is 5.32 Å². The van der Waals surface area contributed by atoms with Crippen LogP contribution in [0.25, 0.3) is 0 Å². The molecule has 0 radical (unpaired) electrons. The van der Waals surface area contributed by atoms with Gasteiger partial charge in [0.05, 0.1) is 6.10 Å². The quantitative estimate of drug-likeness (QED) is 0.855. The SMILES string of the molecule is C[C@H](O)c1ccccc1OCC(=O)NC1CCOCC1. The molecule has 20 heavy (non-hydrogen) atoms. The number of carbonyl (C=O) groups excluding carboxylic acids is 1. The van der Waals surface area contributed by atoms with E-state index in [0.717, 1.165) is 12.8 Å². The molecule has 5 heteroatoms. The minimum Gasteiger partial charge on any atom is -0.483 e. The summed E-state index contributed by atoms with van der Waals surface area (Å²) in [6.07, 6.45) is 1.07. The topological polar surface area (TPSA) is 67.8 Å². The normalized spacial score (nSPS) is 17.5. The van der Waals surface area contributed by atoms with Crippen LogP contribution in [0.3, 0.4) is 0 Å². The minimum absolute atomic E-state index is 0.0406. The highest BCUT2D eigenvalue weighted by molar-refractivity contribution is 5.77. The molecule has 1 aromatic rings. The molecule has 0 saturated carbocycles. The lowest BCUT2D eigenvalue weighted by Gasteiger charge is -2.23. The second kappa shape index (κ2) is 7.26. The fraction of sp³-hybridized carbons (Fsp3) is 0.533. The highest BCUT2D eigenvalue weighted by atomic mass is 16.5. The van der Waals surface area contributed by atoms with Gasteiger partial charge in [0.1, 0.15) is 5.75 Å². The van der Waals surface area contributed by atoms with Crippen LogP contribution in [-0.2, 0) is 9.53 Å². The first kappa shape index (κ1) is 14.8. The van der Waals surface area contributed by atoms with Gasteiger partial charge in [-0.2, -0.15) is 0 Å². The molecule has 1 fully saturated rings. The molecule has 1 aromatic carbocycles. The van der Waals surface area contributed by atoms with Gasteiger partial charge in [-0.3, -0.25) is 4.79 Å². The largest absolute Gasteiger partial charge is 0.483 e. The Balaban J connectivity index is 1.83. The van der Waals surface area contributed by atoms with Crippen molar-refractivity contribution in [2.24, 2.45) is 0 Å². The number of aliphatic hydroxyl groups is 1. The Morgan fingerprint density at radius 1 is 1.45 bits per heavy atom. The van der Waals surface area contributed by atoms with Crippen LogP contribution in [0.1, 0.15) is 31.4 Å². The van der Waals surface area contributed by atoms with Crippen molar-refractivity contribution in [3.8, 4) is 5.75 Å². The molecule has 5 nitrogen and oxygen atoms in total. The van der Waals surface area contributed by atoms with E-state index < -0.39 is 6.10 Å². The summed E-state index contributed by atoms with van der Waals surface area (Å²) in [5.74, 6) is 0.405. The average Bonchev–Trinajstić information content (AvgIpc) is 2.46. The van der Waals surface area contributed by atoms with Crippen LogP contribution >= 0.6 is 0 Å². The van der Waals surface area contributed by atoms with Gasteiger partial charge in [0.25, 0.3) is 5.91 Å². The van der Waals surface area contributed by atoms with Crippen molar-refractivity contribution in [1.29, 1.82) is 0 Å². The van der Waals surface area contributed by atoms with Crippen molar-refractivity contribution in [3.05, 3.63) is 29.8 Å². The van der Waals surface area contributed by atoms with E-state index in [0.29, 0.717) is 24.5 Å². The number of rotatable bonds is 5. The van der Waals surface area contributed by atoms with Gasteiger partial charge < -0.3 is 19.9 Å². The van der Waals surface area contributed by atoms with Crippen LogP contribution in [0, 0.1) is 0 Å². The van der Waals surface area contributed by atoms with E-state index in [1.54, 1.807) is 19.1 Å². The zero-order chi connectivity index (χ0) is 14.4. The summed E-state index contributed by atoms with van der Waals surface area (Å²) in [7, 11) is 0. The van der Waals surface area contributed by atoms with Crippen molar-refractivity contribution < 1.29 is 19.4 Å². The first-order valence-corrected chi connectivity index (χ1v) is 6.93. The van der Waals surface area contributed by atoms with Crippen molar-refractivity contribution in [3.63, 3.8) is 0 Å². The van der Waals surface area contributed by atoms with Crippen molar-refractivity contribution >= 4 is 5.91 Å².